The highest BCUT2D eigenvalue weighted by Gasteiger charge is 2.13. The highest BCUT2D eigenvalue weighted by molar-refractivity contribution is 5.62. The summed E-state index contributed by atoms with van der Waals surface area (Å²) in [6, 6.07) is 4.54. The monoisotopic (exact) mass is 277 g/mol. The highest BCUT2D eigenvalue weighted by Crippen LogP contribution is 2.24. The van der Waals surface area contributed by atoms with Crippen molar-refractivity contribution in [1.82, 2.24) is 9.13 Å². The van der Waals surface area contributed by atoms with Gasteiger partial charge >= 0.3 is 5.69 Å². The van der Waals surface area contributed by atoms with Gasteiger partial charge in [0.15, 0.2) is 0 Å². The van der Waals surface area contributed by atoms with Gasteiger partial charge in [-0.3, -0.25) is 25.1 Å². The molecule has 0 aliphatic carbocycles. The Bertz CT molecular complexity index is 689. The number of aryl methyl sites for hydroxylation is 1. The molecular formula is C12H15N5O3. The lowest BCUT2D eigenvalue weighted by Gasteiger charge is -2.06. The van der Waals surface area contributed by atoms with Gasteiger partial charge in [0.25, 0.3) is 5.69 Å². The van der Waals surface area contributed by atoms with Crippen LogP contribution in [0.1, 0.15) is 12.5 Å². The summed E-state index contributed by atoms with van der Waals surface area (Å²) in [6.45, 7) is 2.81. The van der Waals surface area contributed by atoms with Crippen molar-refractivity contribution in [3.05, 3.63) is 56.8 Å². The number of anilines is 1. The number of aromatic nitrogens is 2. The average molecular weight is 277 g/mol. The molecule has 20 heavy (non-hydrogen) atoms. The smallest absolute Gasteiger partial charge is 0.318 e. The molecule has 0 amide bonds. The lowest BCUT2D eigenvalue weighted by molar-refractivity contribution is -0.384. The summed E-state index contributed by atoms with van der Waals surface area (Å²) < 4.78 is 3.11. The molecule has 2 aromatic rings. The van der Waals surface area contributed by atoms with Crippen LogP contribution < -0.4 is 17.0 Å². The van der Waals surface area contributed by atoms with Crippen molar-refractivity contribution < 1.29 is 4.92 Å². The molecule has 0 bridgehead atoms. The van der Waals surface area contributed by atoms with Crippen LogP contribution in [-0.4, -0.2) is 14.1 Å². The number of nitrogen functional groups attached to an aromatic ring is 1. The molecule has 0 aliphatic heterocycles. The van der Waals surface area contributed by atoms with Gasteiger partial charge in [0, 0.05) is 25.0 Å². The lowest BCUT2D eigenvalue weighted by atomic mass is 10.1. The Kier molecular flexibility index (Phi) is 3.85. The van der Waals surface area contributed by atoms with Crippen LogP contribution in [0, 0.1) is 10.1 Å². The highest BCUT2D eigenvalue weighted by atomic mass is 16.6. The van der Waals surface area contributed by atoms with Crippen molar-refractivity contribution >= 4 is 11.4 Å². The molecule has 0 fully saturated rings. The van der Waals surface area contributed by atoms with Crippen LogP contribution in [0.25, 0.3) is 0 Å². The summed E-state index contributed by atoms with van der Waals surface area (Å²) in [5, 5.41) is 10.8. The second kappa shape index (κ2) is 5.57. The van der Waals surface area contributed by atoms with E-state index in [-0.39, 0.29) is 17.1 Å². The maximum absolute atomic E-state index is 11.9. The van der Waals surface area contributed by atoms with Crippen molar-refractivity contribution in [2.75, 3.05) is 5.43 Å². The third-order valence-electron chi connectivity index (χ3n) is 3.02. The average Bonchev–Trinajstić information content (AvgIpc) is 2.79. The van der Waals surface area contributed by atoms with Crippen LogP contribution in [0.5, 0.6) is 0 Å². The maximum atomic E-state index is 11.9. The van der Waals surface area contributed by atoms with Gasteiger partial charge in [-0.1, -0.05) is 6.07 Å². The first kappa shape index (κ1) is 13.8. The minimum atomic E-state index is -0.515. The van der Waals surface area contributed by atoms with Crippen molar-refractivity contribution in [2.24, 2.45) is 5.84 Å². The Labute approximate surface area is 114 Å². The zero-order valence-corrected chi connectivity index (χ0v) is 10.9. The number of hydrazine groups is 1. The molecule has 1 heterocycles. The normalized spacial score (nSPS) is 10.5. The Morgan fingerprint density at radius 1 is 1.35 bits per heavy atom. The van der Waals surface area contributed by atoms with Gasteiger partial charge in [-0.25, -0.2) is 4.79 Å². The number of hydrogen-bond acceptors (Lipinski definition) is 5. The number of benzene rings is 1. The van der Waals surface area contributed by atoms with Crippen LogP contribution in [-0.2, 0) is 13.1 Å². The first-order valence-electron chi connectivity index (χ1n) is 6.06. The number of hydrogen-bond donors (Lipinski definition) is 2. The van der Waals surface area contributed by atoms with E-state index in [0.29, 0.717) is 13.1 Å². The Morgan fingerprint density at radius 2 is 2.05 bits per heavy atom. The summed E-state index contributed by atoms with van der Waals surface area (Å²) in [5.74, 6) is 5.28. The molecule has 8 nitrogen and oxygen atoms in total. The van der Waals surface area contributed by atoms with Gasteiger partial charge in [0.1, 0.15) is 5.69 Å². The summed E-state index contributed by atoms with van der Waals surface area (Å²) >= 11 is 0. The first-order valence-corrected chi connectivity index (χ1v) is 6.06. The SMILES string of the molecule is CCn1ccn(Cc2ccc([N+](=O)[O-])c(NN)c2)c1=O. The van der Waals surface area contributed by atoms with Crippen LogP contribution in [0.3, 0.4) is 0 Å². The van der Waals surface area contributed by atoms with E-state index in [4.69, 9.17) is 5.84 Å². The van der Waals surface area contributed by atoms with E-state index >= 15 is 0 Å². The third kappa shape index (κ3) is 2.54. The molecule has 1 aromatic heterocycles. The molecule has 0 unspecified atom stereocenters. The Balaban J connectivity index is 2.32. The molecule has 0 saturated carbocycles. The summed E-state index contributed by atoms with van der Waals surface area (Å²) in [4.78, 5) is 22.2. The largest absolute Gasteiger partial charge is 0.328 e. The minimum absolute atomic E-state index is 0.102. The molecule has 106 valence electrons. The first-order chi connectivity index (χ1) is 9.56. The number of nitrogens with one attached hydrogen (secondary N) is 1. The van der Waals surface area contributed by atoms with E-state index in [1.165, 1.54) is 10.6 Å². The standard InChI is InChI=1S/C12H15N5O3/c1-2-15-5-6-16(12(15)18)8-9-3-4-11(17(19)20)10(7-9)14-13/h3-7,14H,2,8,13H2,1H3. The molecule has 0 radical (unpaired) electrons. The zero-order valence-electron chi connectivity index (χ0n) is 10.9. The number of imidazole rings is 1. The second-order valence-corrected chi connectivity index (χ2v) is 4.25. The van der Waals surface area contributed by atoms with E-state index < -0.39 is 4.92 Å². The Hall–Kier alpha value is -2.61. The summed E-state index contributed by atoms with van der Waals surface area (Å²) in [7, 11) is 0. The summed E-state index contributed by atoms with van der Waals surface area (Å²) in [6.07, 6.45) is 3.39. The van der Waals surface area contributed by atoms with Gasteiger partial charge in [0.2, 0.25) is 0 Å². The molecule has 0 spiro atoms. The van der Waals surface area contributed by atoms with Gasteiger partial charge in [-0.15, -0.1) is 0 Å². The predicted molar refractivity (Wildman–Crippen MR) is 74.4 cm³/mol. The number of nitrogens with two attached hydrogens (primary N) is 1. The second-order valence-electron chi connectivity index (χ2n) is 4.25. The van der Waals surface area contributed by atoms with Crippen molar-refractivity contribution in [1.29, 1.82) is 0 Å². The molecule has 2 rings (SSSR count). The van der Waals surface area contributed by atoms with Gasteiger partial charge < -0.3 is 5.43 Å². The fourth-order valence-electron chi connectivity index (χ4n) is 1.97. The maximum Gasteiger partial charge on any atom is 0.328 e. The molecule has 3 N–H and O–H groups in total. The number of nitro benzene ring substituents is 1. The van der Waals surface area contributed by atoms with Crippen LogP contribution in [0.2, 0.25) is 0 Å². The Morgan fingerprint density at radius 3 is 2.60 bits per heavy atom. The van der Waals surface area contributed by atoms with Crippen LogP contribution in [0.4, 0.5) is 11.4 Å². The van der Waals surface area contributed by atoms with E-state index in [1.54, 1.807) is 29.1 Å². The quantitative estimate of drug-likeness (QED) is 0.480. The molecule has 0 aliphatic rings. The molecule has 1 aromatic carbocycles. The molecule has 8 heteroatoms. The van der Waals surface area contributed by atoms with Crippen molar-refractivity contribution in [3.63, 3.8) is 0 Å². The molecular weight excluding hydrogens is 262 g/mol. The lowest BCUT2D eigenvalue weighted by Crippen LogP contribution is -2.23. The van der Waals surface area contributed by atoms with E-state index in [9.17, 15) is 14.9 Å². The van der Waals surface area contributed by atoms with Gasteiger partial charge in [-0.2, -0.15) is 0 Å². The number of rotatable bonds is 5. The van der Waals surface area contributed by atoms with Crippen LogP contribution in [0.15, 0.2) is 35.4 Å². The zero-order chi connectivity index (χ0) is 14.7. The van der Waals surface area contributed by atoms with E-state index in [1.807, 2.05) is 6.92 Å². The van der Waals surface area contributed by atoms with Crippen LogP contribution >= 0.6 is 0 Å². The van der Waals surface area contributed by atoms with Gasteiger partial charge in [-0.05, 0) is 18.6 Å². The third-order valence-corrected chi connectivity index (χ3v) is 3.02. The fraction of sp³-hybridized carbons (Fsp3) is 0.250. The number of nitro groups is 1. The number of nitrogens with zero attached hydrogens (tertiary/aromatic N) is 3. The van der Waals surface area contributed by atoms with Crippen molar-refractivity contribution in [2.45, 2.75) is 20.0 Å². The minimum Gasteiger partial charge on any atom is -0.318 e. The summed E-state index contributed by atoms with van der Waals surface area (Å²) in [5.41, 5.74) is 3.05. The van der Waals surface area contributed by atoms with E-state index in [0.717, 1.165) is 5.56 Å². The molecule has 0 saturated heterocycles. The molecule has 0 atom stereocenters. The predicted octanol–water partition coefficient (Wildman–Crippen LogP) is 0.912. The van der Waals surface area contributed by atoms with Crippen molar-refractivity contribution in [3.8, 4) is 0 Å². The fourth-order valence-corrected chi connectivity index (χ4v) is 1.97. The topological polar surface area (TPSA) is 108 Å². The van der Waals surface area contributed by atoms with E-state index in [2.05, 4.69) is 5.43 Å². The van der Waals surface area contributed by atoms with Gasteiger partial charge in [0.05, 0.1) is 11.5 Å².